The zero-order valence-corrected chi connectivity index (χ0v) is 16.6. The van der Waals surface area contributed by atoms with Gasteiger partial charge in [0.1, 0.15) is 0 Å². The van der Waals surface area contributed by atoms with E-state index in [1.807, 2.05) is 18.0 Å². The lowest BCUT2D eigenvalue weighted by Crippen LogP contribution is -2.44. The molecule has 0 N–H and O–H groups in total. The zero-order chi connectivity index (χ0) is 19.4. The Balaban J connectivity index is 1.57. The van der Waals surface area contributed by atoms with Crippen molar-refractivity contribution in [3.8, 4) is 6.07 Å². The van der Waals surface area contributed by atoms with E-state index in [9.17, 15) is 13.2 Å². The fraction of sp³-hybridized carbons (Fsp3) is 0.600. The summed E-state index contributed by atoms with van der Waals surface area (Å²) < 4.78 is 27.0. The lowest BCUT2D eigenvalue weighted by Gasteiger charge is -2.33. The number of carbonyl (C=O) groups excluding carboxylic acids is 1. The Morgan fingerprint density at radius 3 is 2.30 bits per heavy atom. The van der Waals surface area contributed by atoms with Crippen molar-refractivity contribution in [3.05, 3.63) is 29.8 Å². The van der Waals surface area contributed by atoms with Crippen molar-refractivity contribution in [1.82, 2.24) is 9.21 Å². The second kappa shape index (κ2) is 8.41. The Kier molecular flexibility index (Phi) is 6.18. The molecule has 1 aromatic rings. The van der Waals surface area contributed by atoms with Gasteiger partial charge >= 0.3 is 0 Å². The Morgan fingerprint density at radius 2 is 1.74 bits per heavy atom. The quantitative estimate of drug-likeness (QED) is 0.775. The van der Waals surface area contributed by atoms with E-state index in [0.717, 1.165) is 6.54 Å². The van der Waals surface area contributed by atoms with Crippen LogP contribution in [0.4, 0.5) is 0 Å². The van der Waals surface area contributed by atoms with E-state index in [1.54, 1.807) is 0 Å². The molecule has 1 saturated heterocycles. The standard InChI is InChI=1S/C20H27N3O3S/c1-22(15-17-4-2-3-5-17)20(24)18-10-12-23(13-11-18)27(25,26)19-8-6-16(14-21)7-9-19/h6-9,17-18H,2-5,10-13,15H2,1H3. The van der Waals surface area contributed by atoms with E-state index in [2.05, 4.69) is 0 Å². The summed E-state index contributed by atoms with van der Waals surface area (Å²) in [6.45, 7) is 1.54. The molecule has 27 heavy (non-hydrogen) atoms. The molecule has 2 fully saturated rings. The van der Waals surface area contributed by atoms with Gasteiger partial charge in [0.25, 0.3) is 0 Å². The number of nitriles is 1. The van der Waals surface area contributed by atoms with E-state index >= 15 is 0 Å². The second-order valence-electron chi connectivity index (χ2n) is 7.68. The molecule has 0 atom stereocenters. The first kappa shape index (κ1) is 19.8. The average molecular weight is 390 g/mol. The number of nitrogens with zero attached hydrogens (tertiary/aromatic N) is 3. The summed E-state index contributed by atoms with van der Waals surface area (Å²) in [5.74, 6) is 0.678. The highest BCUT2D eigenvalue weighted by molar-refractivity contribution is 7.89. The van der Waals surface area contributed by atoms with Gasteiger partial charge in [-0.25, -0.2) is 8.42 Å². The molecule has 0 unspecified atom stereocenters. The molecule has 1 amide bonds. The highest BCUT2D eigenvalue weighted by atomic mass is 32.2. The van der Waals surface area contributed by atoms with E-state index in [0.29, 0.717) is 37.4 Å². The first-order chi connectivity index (χ1) is 12.9. The smallest absolute Gasteiger partial charge is 0.243 e. The molecule has 3 rings (SSSR count). The van der Waals surface area contributed by atoms with Crippen molar-refractivity contribution in [1.29, 1.82) is 5.26 Å². The summed E-state index contributed by atoms with van der Waals surface area (Å²) in [5, 5.41) is 8.85. The molecular formula is C20H27N3O3S. The third-order valence-corrected chi connectivity index (χ3v) is 7.72. The van der Waals surface area contributed by atoms with Crippen LogP contribution in [0.25, 0.3) is 0 Å². The van der Waals surface area contributed by atoms with Crippen LogP contribution in [-0.4, -0.2) is 50.2 Å². The highest BCUT2D eigenvalue weighted by Crippen LogP contribution is 2.28. The Labute approximate surface area is 161 Å². The minimum absolute atomic E-state index is 0.0937. The lowest BCUT2D eigenvalue weighted by molar-refractivity contribution is -0.135. The van der Waals surface area contributed by atoms with Crippen LogP contribution in [0.2, 0.25) is 0 Å². The van der Waals surface area contributed by atoms with Crippen LogP contribution in [0.15, 0.2) is 29.2 Å². The normalized spacial score (nSPS) is 19.7. The molecule has 1 aliphatic carbocycles. The SMILES string of the molecule is CN(CC1CCCC1)C(=O)C1CCN(S(=O)(=O)c2ccc(C#N)cc2)CC1. The van der Waals surface area contributed by atoms with Crippen molar-refractivity contribution in [2.75, 3.05) is 26.7 Å². The van der Waals surface area contributed by atoms with Gasteiger partial charge in [-0.05, 0) is 55.9 Å². The second-order valence-corrected chi connectivity index (χ2v) is 9.62. The minimum Gasteiger partial charge on any atom is -0.345 e. The van der Waals surface area contributed by atoms with Gasteiger partial charge in [0.2, 0.25) is 15.9 Å². The van der Waals surface area contributed by atoms with Gasteiger partial charge in [0.05, 0.1) is 16.5 Å². The Hall–Kier alpha value is -1.91. The van der Waals surface area contributed by atoms with Crippen molar-refractivity contribution in [3.63, 3.8) is 0 Å². The monoisotopic (exact) mass is 389 g/mol. The molecule has 0 spiro atoms. The van der Waals surface area contributed by atoms with Gasteiger partial charge in [-0.3, -0.25) is 4.79 Å². The third-order valence-electron chi connectivity index (χ3n) is 5.81. The van der Waals surface area contributed by atoms with Crippen LogP contribution >= 0.6 is 0 Å². The number of hydrogen-bond acceptors (Lipinski definition) is 4. The number of amides is 1. The number of rotatable bonds is 5. The van der Waals surface area contributed by atoms with Crippen molar-refractivity contribution < 1.29 is 13.2 Å². The summed E-state index contributed by atoms with van der Waals surface area (Å²) in [6.07, 6.45) is 6.06. The largest absolute Gasteiger partial charge is 0.345 e. The number of hydrogen-bond donors (Lipinski definition) is 0. The third kappa shape index (κ3) is 4.50. The van der Waals surface area contributed by atoms with Crippen LogP contribution < -0.4 is 0 Å². The lowest BCUT2D eigenvalue weighted by atomic mass is 9.96. The summed E-state index contributed by atoms with van der Waals surface area (Å²) in [5.41, 5.74) is 0.434. The number of sulfonamides is 1. The van der Waals surface area contributed by atoms with E-state index in [4.69, 9.17) is 5.26 Å². The van der Waals surface area contributed by atoms with Crippen LogP contribution in [0, 0.1) is 23.2 Å². The number of carbonyl (C=O) groups is 1. The maximum atomic E-state index is 12.8. The van der Waals surface area contributed by atoms with Gasteiger partial charge in [-0.1, -0.05) is 12.8 Å². The first-order valence-electron chi connectivity index (χ1n) is 9.67. The van der Waals surface area contributed by atoms with Crippen molar-refractivity contribution in [2.24, 2.45) is 11.8 Å². The molecule has 6 nitrogen and oxygen atoms in total. The summed E-state index contributed by atoms with van der Waals surface area (Å²) >= 11 is 0. The van der Waals surface area contributed by atoms with Crippen molar-refractivity contribution in [2.45, 2.75) is 43.4 Å². The molecule has 1 heterocycles. The molecule has 1 saturated carbocycles. The molecule has 146 valence electrons. The average Bonchev–Trinajstić information content (AvgIpc) is 3.20. The summed E-state index contributed by atoms with van der Waals surface area (Å²) in [7, 11) is -1.70. The molecule has 1 aliphatic heterocycles. The van der Waals surface area contributed by atoms with Gasteiger partial charge in [0, 0.05) is 32.6 Å². The predicted octanol–water partition coefficient (Wildman–Crippen LogP) is 2.61. The maximum absolute atomic E-state index is 12.8. The predicted molar refractivity (Wildman–Crippen MR) is 102 cm³/mol. The Bertz CT molecular complexity index is 800. The van der Waals surface area contributed by atoms with Crippen LogP contribution in [0.3, 0.4) is 0 Å². The molecule has 0 bridgehead atoms. The molecule has 2 aliphatic rings. The summed E-state index contributed by atoms with van der Waals surface area (Å²) in [6, 6.07) is 7.96. The maximum Gasteiger partial charge on any atom is 0.243 e. The number of benzene rings is 1. The van der Waals surface area contributed by atoms with Gasteiger partial charge in [-0.2, -0.15) is 9.57 Å². The van der Waals surface area contributed by atoms with Gasteiger partial charge < -0.3 is 4.90 Å². The minimum atomic E-state index is -3.58. The molecule has 1 aromatic carbocycles. The fourth-order valence-electron chi connectivity index (χ4n) is 4.18. The van der Waals surface area contributed by atoms with Crippen LogP contribution in [0.1, 0.15) is 44.1 Å². The fourth-order valence-corrected chi connectivity index (χ4v) is 5.65. The zero-order valence-electron chi connectivity index (χ0n) is 15.8. The number of piperidine rings is 1. The Morgan fingerprint density at radius 1 is 1.15 bits per heavy atom. The van der Waals surface area contributed by atoms with Crippen molar-refractivity contribution >= 4 is 15.9 Å². The van der Waals surface area contributed by atoms with E-state index in [1.165, 1.54) is 54.3 Å². The molecular weight excluding hydrogens is 362 g/mol. The first-order valence-corrected chi connectivity index (χ1v) is 11.1. The molecule has 0 aromatic heterocycles. The molecule has 0 radical (unpaired) electrons. The van der Waals surface area contributed by atoms with Gasteiger partial charge in [-0.15, -0.1) is 0 Å². The van der Waals surface area contributed by atoms with Crippen LogP contribution in [0.5, 0.6) is 0 Å². The summed E-state index contributed by atoms with van der Waals surface area (Å²) in [4.78, 5) is 14.8. The highest BCUT2D eigenvalue weighted by Gasteiger charge is 2.33. The van der Waals surface area contributed by atoms with E-state index < -0.39 is 10.0 Å². The topological polar surface area (TPSA) is 81.5 Å². The van der Waals surface area contributed by atoms with Crippen LogP contribution in [-0.2, 0) is 14.8 Å². The van der Waals surface area contributed by atoms with E-state index in [-0.39, 0.29) is 16.7 Å². The molecule has 7 heteroatoms. The van der Waals surface area contributed by atoms with Gasteiger partial charge in [0.15, 0.2) is 0 Å².